The van der Waals surface area contributed by atoms with E-state index in [0.717, 1.165) is 28.4 Å². The highest BCUT2D eigenvalue weighted by molar-refractivity contribution is 9.10. The summed E-state index contributed by atoms with van der Waals surface area (Å²) in [6, 6.07) is 10.4. The fourth-order valence-electron chi connectivity index (χ4n) is 2.02. The first-order chi connectivity index (χ1) is 8.70. The molecule has 1 atom stereocenters. The van der Waals surface area contributed by atoms with Gasteiger partial charge in [-0.15, -0.1) is 0 Å². The Bertz CT molecular complexity index is 525. The van der Waals surface area contributed by atoms with Crippen LogP contribution in [0.4, 0.5) is 0 Å². The quantitative estimate of drug-likeness (QED) is 0.932. The SMILES string of the molecule is CCCc1cccc(C(N)c2cncc(Br)c2)c1. The Morgan fingerprint density at radius 1 is 1.22 bits per heavy atom. The third kappa shape index (κ3) is 3.18. The maximum atomic E-state index is 6.29. The number of halogens is 1. The predicted octanol–water partition coefficient (Wildman–Crippen LogP) is 3.84. The highest BCUT2D eigenvalue weighted by Gasteiger charge is 2.10. The minimum absolute atomic E-state index is 0.119. The summed E-state index contributed by atoms with van der Waals surface area (Å²) in [5.74, 6) is 0. The summed E-state index contributed by atoms with van der Waals surface area (Å²) in [6.45, 7) is 2.19. The Labute approximate surface area is 116 Å². The van der Waals surface area contributed by atoms with Crippen molar-refractivity contribution in [1.29, 1.82) is 0 Å². The van der Waals surface area contributed by atoms with Gasteiger partial charge in [-0.25, -0.2) is 0 Å². The topological polar surface area (TPSA) is 38.9 Å². The minimum atomic E-state index is -0.119. The molecule has 0 amide bonds. The molecule has 1 aromatic heterocycles. The van der Waals surface area contributed by atoms with Gasteiger partial charge in [-0.1, -0.05) is 37.6 Å². The minimum Gasteiger partial charge on any atom is -0.320 e. The number of benzene rings is 1. The van der Waals surface area contributed by atoms with Gasteiger partial charge in [-0.05, 0) is 45.1 Å². The van der Waals surface area contributed by atoms with Crippen LogP contribution < -0.4 is 5.73 Å². The van der Waals surface area contributed by atoms with Gasteiger partial charge in [-0.3, -0.25) is 4.98 Å². The molecule has 2 aromatic rings. The molecule has 94 valence electrons. The number of hydrogen-bond acceptors (Lipinski definition) is 2. The zero-order valence-corrected chi connectivity index (χ0v) is 12.0. The first-order valence-corrected chi connectivity index (χ1v) is 6.95. The number of aromatic nitrogens is 1. The van der Waals surface area contributed by atoms with Gasteiger partial charge in [0, 0.05) is 16.9 Å². The van der Waals surface area contributed by atoms with Crippen LogP contribution in [0, 0.1) is 0 Å². The van der Waals surface area contributed by atoms with Crippen molar-refractivity contribution in [3.8, 4) is 0 Å². The first kappa shape index (κ1) is 13.2. The lowest BCUT2D eigenvalue weighted by molar-refractivity contribution is 0.851. The second-order valence-electron chi connectivity index (χ2n) is 4.41. The van der Waals surface area contributed by atoms with Crippen LogP contribution in [-0.2, 0) is 6.42 Å². The molecule has 0 aliphatic carbocycles. The van der Waals surface area contributed by atoms with Gasteiger partial charge < -0.3 is 5.73 Å². The normalized spacial score (nSPS) is 12.4. The van der Waals surface area contributed by atoms with Crippen molar-refractivity contribution < 1.29 is 0 Å². The molecule has 1 heterocycles. The third-order valence-electron chi connectivity index (χ3n) is 2.93. The highest BCUT2D eigenvalue weighted by atomic mass is 79.9. The molecule has 2 nitrogen and oxygen atoms in total. The van der Waals surface area contributed by atoms with Crippen molar-refractivity contribution >= 4 is 15.9 Å². The van der Waals surface area contributed by atoms with E-state index in [1.54, 1.807) is 6.20 Å². The van der Waals surface area contributed by atoms with Gasteiger partial charge >= 0.3 is 0 Å². The van der Waals surface area contributed by atoms with E-state index < -0.39 is 0 Å². The van der Waals surface area contributed by atoms with Crippen molar-refractivity contribution in [2.75, 3.05) is 0 Å². The summed E-state index contributed by atoms with van der Waals surface area (Å²) in [7, 11) is 0. The van der Waals surface area contributed by atoms with Gasteiger partial charge in [0.1, 0.15) is 0 Å². The van der Waals surface area contributed by atoms with Crippen LogP contribution in [0.5, 0.6) is 0 Å². The fraction of sp³-hybridized carbons (Fsp3) is 0.267. The van der Waals surface area contributed by atoms with E-state index in [1.165, 1.54) is 5.56 Å². The predicted molar refractivity (Wildman–Crippen MR) is 78.4 cm³/mol. The summed E-state index contributed by atoms with van der Waals surface area (Å²) in [5.41, 5.74) is 9.80. The average molecular weight is 305 g/mol. The molecule has 0 fully saturated rings. The fourth-order valence-corrected chi connectivity index (χ4v) is 2.40. The largest absolute Gasteiger partial charge is 0.320 e. The summed E-state index contributed by atoms with van der Waals surface area (Å²) in [5, 5.41) is 0. The van der Waals surface area contributed by atoms with Crippen LogP contribution in [0.15, 0.2) is 47.2 Å². The van der Waals surface area contributed by atoms with E-state index in [0.29, 0.717) is 0 Å². The lowest BCUT2D eigenvalue weighted by atomic mass is 9.98. The van der Waals surface area contributed by atoms with E-state index in [9.17, 15) is 0 Å². The van der Waals surface area contributed by atoms with Crippen molar-refractivity contribution in [2.45, 2.75) is 25.8 Å². The zero-order chi connectivity index (χ0) is 13.0. The van der Waals surface area contributed by atoms with Crippen LogP contribution in [-0.4, -0.2) is 4.98 Å². The number of aryl methyl sites for hydroxylation is 1. The summed E-state index contributed by atoms with van der Waals surface area (Å²) in [4.78, 5) is 4.16. The van der Waals surface area contributed by atoms with Gasteiger partial charge in [-0.2, -0.15) is 0 Å². The van der Waals surface area contributed by atoms with E-state index in [-0.39, 0.29) is 6.04 Å². The number of nitrogens with two attached hydrogens (primary N) is 1. The molecule has 18 heavy (non-hydrogen) atoms. The van der Waals surface area contributed by atoms with Crippen LogP contribution in [0.3, 0.4) is 0 Å². The van der Waals surface area contributed by atoms with Gasteiger partial charge in [0.15, 0.2) is 0 Å². The molecule has 0 saturated heterocycles. The van der Waals surface area contributed by atoms with E-state index >= 15 is 0 Å². The Balaban J connectivity index is 2.27. The molecule has 0 aliphatic rings. The van der Waals surface area contributed by atoms with Crippen LogP contribution >= 0.6 is 15.9 Å². The first-order valence-electron chi connectivity index (χ1n) is 6.15. The Morgan fingerprint density at radius 2 is 2.06 bits per heavy atom. The summed E-state index contributed by atoms with van der Waals surface area (Å²) < 4.78 is 0.958. The second kappa shape index (κ2) is 6.12. The molecule has 0 spiro atoms. The summed E-state index contributed by atoms with van der Waals surface area (Å²) >= 11 is 3.42. The van der Waals surface area contributed by atoms with Crippen molar-refractivity contribution in [3.63, 3.8) is 0 Å². The molecule has 2 N–H and O–H groups in total. The molecule has 1 unspecified atom stereocenters. The molecule has 0 bridgehead atoms. The van der Waals surface area contributed by atoms with Crippen molar-refractivity contribution in [2.24, 2.45) is 5.73 Å². The average Bonchev–Trinajstić information content (AvgIpc) is 2.39. The van der Waals surface area contributed by atoms with E-state index in [2.05, 4.69) is 52.1 Å². The smallest absolute Gasteiger partial charge is 0.0567 e. The second-order valence-corrected chi connectivity index (χ2v) is 5.32. The van der Waals surface area contributed by atoms with Gasteiger partial charge in [0.2, 0.25) is 0 Å². The van der Waals surface area contributed by atoms with Crippen molar-refractivity contribution in [3.05, 3.63) is 63.9 Å². The van der Waals surface area contributed by atoms with Crippen LogP contribution in [0.2, 0.25) is 0 Å². The lowest BCUT2D eigenvalue weighted by Crippen LogP contribution is -2.12. The van der Waals surface area contributed by atoms with E-state index in [4.69, 9.17) is 5.73 Å². The van der Waals surface area contributed by atoms with Crippen LogP contribution in [0.1, 0.15) is 36.1 Å². The number of nitrogens with zero attached hydrogens (tertiary/aromatic N) is 1. The Morgan fingerprint density at radius 3 is 2.78 bits per heavy atom. The molecule has 0 radical (unpaired) electrons. The van der Waals surface area contributed by atoms with Crippen LogP contribution in [0.25, 0.3) is 0 Å². The highest BCUT2D eigenvalue weighted by Crippen LogP contribution is 2.22. The Kier molecular flexibility index (Phi) is 4.50. The number of hydrogen-bond donors (Lipinski definition) is 1. The van der Waals surface area contributed by atoms with E-state index in [1.807, 2.05) is 12.3 Å². The van der Waals surface area contributed by atoms with Crippen molar-refractivity contribution in [1.82, 2.24) is 4.98 Å². The number of pyridine rings is 1. The van der Waals surface area contributed by atoms with Gasteiger partial charge in [0.05, 0.1) is 6.04 Å². The molecule has 1 aromatic carbocycles. The molecule has 0 saturated carbocycles. The maximum Gasteiger partial charge on any atom is 0.0567 e. The van der Waals surface area contributed by atoms with Gasteiger partial charge in [0.25, 0.3) is 0 Å². The molecular weight excluding hydrogens is 288 g/mol. The molecule has 2 rings (SSSR count). The maximum absolute atomic E-state index is 6.29. The Hall–Kier alpha value is -1.19. The zero-order valence-electron chi connectivity index (χ0n) is 10.4. The molecule has 0 aliphatic heterocycles. The lowest BCUT2D eigenvalue weighted by Gasteiger charge is -2.13. The standard InChI is InChI=1S/C15H17BrN2/c1-2-4-11-5-3-6-12(7-11)15(17)13-8-14(16)10-18-9-13/h3,5-10,15H,2,4,17H2,1H3. The molecular formula is C15H17BrN2. The summed E-state index contributed by atoms with van der Waals surface area (Å²) in [6.07, 6.45) is 5.83. The monoisotopic (exact) mass is 304 g/mol. The number of rotatable bonds is 4. The molecule has 3 heteroatoms. The third-order valence-corrected chi connectivity index (χ3v) is 3.37.